The largest absolute Gasteiger partial charge is 0.480 e. The molecule has 0 aliphatic carbocycles. The molecule has 1 aromatic carbocycles. The minimum atomic E-state index is 0.356. The molecule has 3 rings (SSSR count). The van der Waals surface area contributed by atoms with Crippen molar-refractivity contribution < 1.29 is 4.74 Å². The maximum Gasteiger partial charge on any atom is 0.231 e. The van der Waals surface area contributed by atoms with Gasteiger partial charge in [0, 0.05) is 23.3 Å². The SMILES string of the molecule is COc1nc2ccc(-c3cccnc3)cc2cc1C#N. The van der Waals surface area contributed by atoms with Crippen LogP contribution in [0.2, 0.25) is 0 Å². The molecule has 0 N–H and O–H groups in total. The van der Waals surface area contributed by atoms with Crippen molar-refractivity contribution in [2.75, 3.05) is 7.11 Å². The maximum absolute atomic E-state index is 9.12. The number of aromatic nitrogens is 2. The van der Waals surface area contributed by atoms with Crippen LogP contribution in [0.25, 0.3) is 22.0 Å². The molecule has 0 atom stereocenters. The first-order chi connectivity index (χ1) is 9.81. The van der Waals surface area contributed by atoms with Crippen molar-refractivity contribution in [2.24, 2.45) is 0 Å². The fraction of sp³-hybridized carbons (Fsp3) is 0.0625. The van der Waals surface area contributed by atoms with Gasteiger partial charge in [-0.1, -0.05) is 12.1 Å². The molecule has 20 heavy (non-hydrogen) atoms. The molecular formula is C16H11N3O. The van der Waals surface area contributed by atoms with E-state index in [0.29, 0.717) is 11.4 Å². The lowest BCUT2D eigenvalue weighted by Crippen LogP contribution is -1.93. The third-order valence-corrected chi connectivity index (χ3v) is 3.09. The Hall–Kier alpha value is -2.93. The van der Waals surface area contributed by atoms with Gasteiger partial charge in [0.05, 0.1) is 12.6 Å². The van der Waals surface area contributed by atoms with Crippen LogP contribution in [-0.4, -0.2) is 17.1 Å². The molecule has 0 aliphatic heterocycles. The fourth-order valence-electron chi connectivity index (χ4n) is 2.11. The van der Waals surface area contributed by atoms with Gasteiger partial charge in [0.25, 0.3) is 0 Å². The fourth-order valence-corrected chi connectivity index (χ4v) is 2.11. The predicted octanol–water partition coefficient (Wildman–Crippen LogP) is 3.18. The van der Waals surface area contributed by atoms with Crippen molar-refractivity contribution in [2.45, 2.75) is 0 Å². The predicted molar refractivity (Wildman–Crippen MR) is 76.2 cm³/mol. The number of fused-ring (bicyclic) bond motifs is 1. The van der Waals surface area contributed by atoms with Gasteiger partial charge in [-0.2, -0.15) is 5.26 Å². The number of methoxy groups -OCH3 is 1. The zero-order valence-electron chi connectivity index (χ0n) is 10.9. The zero-order chi connectivity index (χ0) is 13.9. The molecule has 0 spiro atoms. The Morgan fingerprint density at radius 1 is 1.15 bits per heavy atom. The van der Waals surface area contributed by atoms with Crippen LogP contribution < -0.4 is 4.74 Å². The summed E-state index contributed by atoms with van der Waals surface area (Å²) in [7, 11) is 1.51. The van der Waals surface area contributed by atoms with Crippen molar-refractivity contribution in [1.29, 1.82) is 5.26 Å². The summed E-state index contributed by atoms with van der Waals surface area (Å²) in [4.78, 5) is 8.45. The van der Waals surface area contributed by atoms with Crippen LogP contribution in [0.3, 0.4) is 0 Å². The quantitative estimate of drug-likeness (QED) is 0.711. The van der Waals surface area contributed by atoms with Crippen molar-refractivity contribution >= 4 is 10.9 Å². The van der Waals surface area contributed by atoms with Crippen molar-refractivity contribution in [1.82, 2.24) is 9.97 Å². The summed E-state index contributed by atoms with van der Waals surface area (Å²) >= 11 is 0. The number of benzene rings is 1. The smallest absolute Gasteiger partial charge is 0.231 e. The van der Waals surface area contributed by atoms with E-state index < -0.39 is 0 Å². The van der Waals surface area contributed by atoms with E-state index in [1.54, 1.807) is 12.3 Å². The molecule has 96 valence electrons. The van der Waals surface area contributed by atoms with Gasteiger partial charge in [-0.3, -0.25) is 4.98 Å². The van der Waals surface area contributed by atoms with Crippen LogP contribution in [0, 0.1) is 11.3 Å². The molecule has 0 bridgehead atoms. The van der Waals surface area contributed by atoms with E-state index in [-0.39, 0.29) is 0 Å². The Morgan fingerprint density at radius 2 is 2.05 bits per heavy atom. The molecule has 0 saturated carbocycles. The summed E-state index contributed by atoms with van der Waals surface area (Å²) in [5, 5.41) is 10.0. The normalized spacial score (nSPS) is 10.2. The lowest BCUT2D eigenvalue weighted by Gasteiger charge is -2.06. The third kappa shape index (κ3) is 2.06. The summed E-state index contributed by atoms with van der Waals surface area (Å²) < 4.78 is 5.12. The molecule has 0 radical (unpaired) electrons. The molecule has 2 heterocycles. The molecular weight excluding hydrogens is 250 g/mol. The van der Waals surface area contributed by atoms with E-state index in [0.717, 1.165) is 22.0 Å². The van der Waals surface area contributed by atoms with Crippen LogP contribution in [0.4, 0.5) is 0 Å². The highest BCUT2D eigenvalue weighted by molar-refractivity contribution is 5.86. The second-order valence-corrected chi connectivity index (χ2v) is 4.31. The van der Waals surface area contributed by atoms with Gasteiger partial charge in [0.2, 0.25) is 5.88 Å². The molecule has 0 amide bonds. The standard InChI is InChI=1S/C16H11N3O/c1-20-16-14(9-17)8-13-7-11(4-5-15(13)19-16)12-3-2-6-18-10-12/h2-8,10H,1H3. The van der Waals surface area contributed by atoms with Crippen molar-refractivity contribution in [3.05, 3.63) is 54.4 Å². The molecule has 0 fully saturated rings. The first kappa shape index (κ1) is 12.1. The molecule has 0 saturated heterocycles. The average Bonchev–Trinajstić information content (AvgIpc) is 2.53. The summed E-state index contributed by atoms with van der Waals surface area (Å²) in [6.45, 7) is 0. The summed E-state index contributed by atoms with van der Waals surface area (Å²) in [5.41, 5.74) is 3.31. The zero-order valence-corrected chi connectivity index (χ0v) is 10.9. The Morgan fingerprint density at radius 3 is 2.75 bits per heavy atom. The second-order valence-electron chi connectivity index (χ2n) is 4.31. The maximum atomic E-state index is 9.12. The van der Waals surface area contributed by atoms with Gasteiger partial charge in [0.1, 0.15) is 11.6 Å². The highest BCUT2D eigenvalue weighted by atomic mass is 16.5. The van der Waals surface area contributed by atoms with E-state index in [4.69, 9.17) is 10.00 Å². The lowest BCUT2D eigenvalue weighted by molar-refractivity contribution is 0.398. The van der Waals surface area contributed by atoms with Gasteiger partial charge in [-0.25, -0.2) is 4.98 Å². The first-order valence-electron chi connectivity index (χ1n) is 6.11. The minimum Gasteiger partial charge on any atom is -0.480 e. The number of nitriles is 1. The number of ether oxygens (including phenoxy) is 1. The Balaban J connectivity index is 2.19. The van der Waals surface area contributed by atoms with E-state index in [9.17, 15) is 0 Å². The van der Waals surface area contributed by atoms with Crippen LogP contribution in [0.5, 0.6) is 5.88 Å². The number of rotatable bonds is 2. The van der Waals surface area contributed by atoms with Crippen molar-refractivity contribution in [3.8, 4) is 23.1 Å². The van der Waals surface area contributed by atoms with Crippen LogP contribution in [0.1, 0.15) is 5.56 Å². The summed E-state index contributed by atoms with van der Waals surface area (Å²) in [5.74, 6) is 0.356. The Kier molecular flexibility index (Phi) is 3.02. The number of pyridine rings is 2. The Bertz CT molecular complexity index is 807. The van der Waals surface area contributed by atoms with Gasteiger partial charge < -0.3 is 4.74 Å². The van der Waals surface area contributed by atoms with Crippen molar-refractivity contribution in [3.63, 3.8) is 0 Å². The number of hydrogen-bond acceptors (Lipinski definition) is 4. The monoisotopic (exact) mass is 261 g/mol. The average molecular weight is 261 g/mol. The van der Waals surface area contributed by atoms with E-state index in [1.165, 1.54) is 7.11 Å². The molecule has 0 aliphatic rings. The lowest BCUT2D eigenvalue weighted by atomic mass is 10.0. The number of nitrogens with zero attached hydrogens (tertiary/aromatic N) is 3. The highest BCUT2D eigenvalue weighted by Gasteiger charge is 2.08. The summed E-state index contributed by atoms with van der Waals surface area (Å²) in [6, 6.07) is 13.7. The minimum absolute atomic E-state index is 0.356. The topological polar surface area (TPSA) is 58.8 Å². The highest BCUT2D eigenvalue weighted by Crippen LogP contribution is 2.26. The van der Waals surface area contributed by atoms with Crippen LogP contribution in [0.15, 0.2) is 48.8 Å². The van der Waals surface area contributed by atoms with Gasteiger partial charge >= 0.3 is 0 Å². The summed E-state index contributed by atoms with van der Waals surface area (Å²) in [6.07, 6.45) is 3.55. The van der Waals surface area contributed by atoms with E-state index >= 15 is 0 Å². The van der Waals surface area contributed by atoms with Gasteiger partial charge in [0.15, 0.2) is 0 Å². The molecule has 4 heteroatoms. The Labute approximate surface area is 116 Å². The van der Waals surface area contributed by atoms with Crippen LogP contribution in [-0.2, 0) is 0 Å². The number of hydrogen-bond donors (Lipinski definition) is 0. The first-order valence-corrected chi connectivity index (χ1v) is 6.11. The van der Waals surface area contributed by atoms with E-state index in [1.807, 2.05) is 36.5 Å². The van der Waals surface area contributed by atoms with Gasteiger partial charge in [-0.15, -0.1) is 0 Å². The molecule has 4 nitrogen and oxygen atoms in total. The van der Waals surface area contributed by atoms with Crippen LogP contribution >= 0.6 is 0 Å². The third-order valence-electron chi connectivity index (χ3n) is 3.09. The molecule has 0 unspecified atom stereocenters. The second kappa shape index (κ2) is 4.98. The molecule has 3 aromatic rings. The van der Waals surface area contributed by atoms with Gasteiger partial charge in [-0.05, 0) is 29.8 Å². The molecule has 2 aromatic heterocycles. The van der Waals surface area contributed by atoms with E-state index in [2.05, 4.69) is 16.0 Å².